The standard InChI is InChI=1S/C13H14ClNO4S/c1-8-2-4-10(14)7-12(8)20(18,19)15-11-5-3-9(6-11)13(16)17/h2-5,7,9,11,15H,6H2,1H3,(H,16,17). The number of rotatable bonds is 4. The average molecular weight is 316 g/mol. The fourth-order valence-electron chi connectivity index (χ4n) is 2.10. The lowest BCUT2D eigenvalue weighted by Gasteiger charge is -2.14. The van der Waals surface area contributed by atoms with E-state index in [2.05, 4.69) is 4.72 Å². The van der Waals surface area contributed by atoms with Crippen molar-refractivity contribution in [2.75, 3.05) is 0 Å². The summed E-state index contributed by atoms with van der Waals surface area (Å²) in [5, 5.41) is 9.22. The lowest BCUT2D eigenvalue weighted by Crippen LogP contribution is -2.33. The van der Waals surface area contributed by atoms with Crippen molar-refractivity contribution >= 4 is 27.6 Å². The average Bonchev–Trinajstić information content (AvgIpc) is 2.80. The molecular formula is C13H14ClNO4S. The second-order valence-corrected chi connectivity index (χ2v) is 6.82. The molecule has 108 valence electrons. The van der Waals surface area contributed by atoms with Gasteiger partial charge in [-0.05, 0) is 31.0 Å². The van der Waals surface area contributed by atoms with Crippen molar-refractivity contribution < 1.29 is 18.3 Å². The number of carboxylic acids is 1. The van der Waals surface area contributed by atoms with Gasteiger partial charge in [-0.3, -0.25) is 4.79 Å². The number of nitrogens with one attached hydrogen (secondary N) is 1. The first-order valence-electron chi connectivity index (χ1n) is 5.99. The van der Waals surface area contributed by atoms with Gasteiger partial charge in [-0.2, -0.15) is 0 Å². The van der Waals surface area contributed by atoms with Crippen molar-refractivity contribution in [1.29, 1.82) is 0 Å². The van der Waals surface area contributed by atoms with Gasteiger partial charge in [-0.25, -0.2) is 13.1 Å². The van der Waals surface area contributed by atoms with E-state index in [1.165, 1.54) is 12.1 Å². The van der Waals surface area contributed by atoms with Crippen molar-refractivity contribution in [2.45, 2.75) is 24.3 Å². The van der Waals surface area contributed by atoms with Crippen LogP contribution in [0.25, 0.3) is 0 Å². The van der Waals surface area contributed by atoms with Gasteiger partial charge in [0.2, 0.25) is 10.0 Å². The number of benzene rings is 1. The van der Waals surface area contributed by atoms with Crippen LogP contribution in [0.2, 0.25) is 5.02 Å². The van der Waals surface area contributed by atoms with Gasteiger partial charge in [-0.1, -0.05) is 29.8 Å². The first kappa shape index (κ1) is 15.0. The SMILES string of the molecule is Cc1ccc(Cl)cc1S(=O)(=O)NC1C=CC(C(=O)O)C1. The number of hydrogen-bond donors (Lipinski definition) is 2. The van der Waals surface area contributed by atoms with Crippen LogP contribution in [-0.4, -0.2) is 25.5 Å². The molecular weight excluding hydrogens is 302 g/mol. The summed E-state index contributed by atoms with van der Waals surface area (Å²) in [5.41, 5.74) is 0.582. The number of aliphatic carboxylic acids is 1. The molecule has 2 atom stereocenters. The van der Waals surface area contributed by atoms with Crippen molar-refractivity contribution in [2.24, 2.45) is 5.92 Å². The molecule has 0 saturated heterocycles. The van der Waals surface area contributed by atoms with Crippen LogP contribution in [0.5, 0.6) is 0 Å². The minimum Gasteiger partial charge on any atom is -0.481 e. The lowest BCUT2D eigenvalue weighted by molar-refractivity contribution is -0.140. The van der Waals surface area contributed by atoms with E-state index < -0.39 is 28.0 Å². The lowest BCUT2D eigenvalue weighted by atomic mass is 10.1. The maximum atomic E-state index is 12.3. The van der Waals surface area contributed by atoms with Crippen LogP contribution >= 0.6 is 11.6 Å². The third-order valence-corrected chi connectivity index (χ3v) is 5.01. The summed E-state index contributed by atoms with van der Waals surface area (Å²) in [5.74, 6) is -1.61. The van der Waals surface area contributed by atoms with E-state index in [0.717, 1.165) is 0 Å². The van der Waals surface area contributed by atoms with Crippen LogP contribution < -0.4 is 4.72 Å². The van der Waals surface area contributed by atoms with Gasteiger partial charge < -0.3 is 5.11 Å². The Balaban J connectivity index is 2.19. The highest BCUT2D eigenvalue weighted by molar-refractivity contribution is 7.89. The van der Waals surface area contributed by atoms with Crippen LogP contribution in [0.3, 0.4) is 0 Å². The fourth-order valence-corrected chi connectivity index (χ4v) is 3.81. The maximum absolute atomic E-state index is 12.3. The molecule has 2 unspecified atom stereocenters. The molecule has 0 spiro atoms. The van der Waals surface area contributed by atoms with Gasteiger partial charge in [0.15, 0.2) is 0 Å². The van der Waals surface area contributed by atoms with Crippen LogP contribution in [-0.2, 0) is 14.8 Å². The zero-order chi connectivity index (χ0) is 14.9. The Morgan fingerprint density at radius 2 is 2.10 bits per heavy atom. The highest BCUT2D eigenvalue weighted by atomic mass is 35.5. The molecule has 1 aromatic carbocycles. The number of aryl methyl sites for hydroxylation is 1. The predicted octanol–water partition coefficient (Wildman–Crippen LogP) is 1.96. The van der Waals surface area contributed by atoms with E-state index in [-0.39, 0.29) is 11.3 Å². The molecule has 0 heterocycles. The zero-order valence-electron chi connectivity index (χ0n) is 10.7. The molecule has 0 amide bonds. The monoisotopic (exact) mass is 315 g/mol. The smallest absolute Gasteiger partial charge is 0.310 e. The third-order valence-electron chi connectivity index (χ3n) is 3.15. The van der Waals surface area contributed by atoms with Crippen LogP contribution in [0.4, 0.5) is 0 Å². The molecule has 0 fully saturated rings. The molecule has 1 aliphatic carbocycles. The quantitative estimate of drug-likeness (QED) is 0.832. The first-order valence-corrected chi connectivity index (χ1v) is 7.85. The van der Waals surface area contributed by atoms with Crippen LogP contribution in [0.15, 0.2) is 35.2 Å². The van der Waals surface area contributed by atoms with Crippen molar-refractivity contribution in [3.05, 3.63) is 40.9 Å². The van der Waals surface area contributed by atoms with Gasteiger partial charge in [0.1, 0.15) is 0 Å². The molecule has 2 N–H and O–H groups in total. The summed E-state index contributed by atoms with van der Waals surface area (Å²) in [7, 11) is -3.72. The third kappa shape index (κ3) is 3.20. The Hall–Kier alpha value is -1.37. The molecule has 0 aliphatic heterocycles. The minimum absolute atomic E-state index is 0.108. The second-order valence-electron chi connectivity index (χ2n) is 4.70. The molecule has 1 aromatic rings. The normalized spacial score (nSPS) is 22.1. The van der Waals surface area contributed by atoms with E-state index in [0.29, 0.717) is 10.6 Å². The van der Waals surface area contributed by atoms with Crippen molar-refractivity contribution in [3.8, 4) is 0 Å². The van der Waals surface area contributed by atoms with E-state index >= 15 is 0 Å². The fraction of sp³-hybridized carbons (Fsp3) is 0.308. The molecule has 0 aromatic heterocycles. The summed E-state index contributed by atoms with van der Waals surface area (Å²) in [6.45, 7) is 1.68. The highest BCUT2D eigenvalue weighted by Gasteiger charge is 2.28. The number of carboxylic acid groups (broad SMARTS) is 1. The number of carbonyl (C=O) groups is 1. The van der Waals surface area contributed by atoms with Gasteiger partial charge in [0.05, 0.1) is 10.8 Å². The highest BCUT2D eigenvalue weighted by Crippen LogP contribution is 2.23. The largest absolute Gasteiger partial charge is 0.481 e. The van der Waals surface area contributed by atoms with Crippen molar-refractivity contribution in [1.82, 2.24) is 4.72 Å². The molecule has 5 nitrogen and oxygen atoms in total. The summed E-state index contributed by atoms with van der Waals surface area (Å²) < 4.78 is 27.1. The van der Waals surface area contributed by atoms with Crippen LogP contribution in [0, 0.1) is 12.8 Å². The molecule has 0 saturated carbocycles. The Labute approximate surface area is 122 Å². The molecule has 0 bridgehead atoms. The van der Waals surface area contributed by atoms with Gasteiger partial charge in [0, 0.05) is 11.1 Å². The summed E-state index contributed by atoms with van der Waals surface area (Å²) in [6.07, 6.45) is 3.28. The molecule has 2 rings (SSSR count). The van der Waals surface area contributed by atoms with Crippen molar-refractivity contribution in [3.63, 3.8) is 0 Å². The Bertz CT molecular complexity index is 669. The zero-order valence-corrected chi connectivity index (χ0v) is 12.3. The number of halogens is 1. The van der Waals surface area contributed by atoms with Crippen LogP contribution in [0.1, 0.15) is 12.0 Å². The van der Waals surface area contributed by atoms with E-state index in [1.807, 2.05) is 0 Å². The molecule has 1 aliphatic rings. The second kappa shape index (κ2) is 5.55. The van der Waals surface area contributed by atoms with Gasteiger partial charge in [0.25, 0.3) is 0 Å². The summed E-state index contributed by atoms with van der Waals surface area (Å²) in [6, 6.07) is 4.11. The molecule has 7 heteroatoms. The topological polar surface area (TPSA) is 83.5 Å². The Kier molecular flexibility index (Phi) is 4.17. The summed E-state index contributed by atoms with van der Waals surface area (Å²) in [4.78, 5) is 10.9. The summed E-state index contributed by atoms with van der Waals surface area (Å²) >= 11 is 5.82. The molecule has 20 heavy (non-hydrogen) atoms. The number of hydrogen-bond acceptors (Lipinski definition) is 3. The minimum atomic E-state index is -3.72. The molecule has 0 radical (unpaired) electrons. The van der Waals surface area contributed by atoms with E-state index in [9.17, 15) is 13.2 Å². The van der Waals surface area contributed by atoms with Gasteiger partial charge in [-0.15, -0.1) is 0 Å². The Morgan fingerprint density at radius 3 is 2.70 bits per heavy atom. The Morgan fingerprint density at radius 1 is 1.40 bits per heavy atom. The number of sulfonamides is 1. The van der Waals surface area contributed by atoms with Gasteiger partial charge >= 0.3 is 5.97 Å². The first-order chi connectivity index (χ1) is 9.29. The maximum Gasteiger partial charge on any atom is 0.310 e. The van der Waals surface area contributed by atoms with E-state index in [1.54, 1.807) is 25.1 Å². The van der Waals surface area contributed by atoms with E-state index in [4.69, 9.17) is 16.7 Å². The predicted molar refractivity (Wildman–Crippen MR) is 75.2 cm³/mol.